The number of benzene rings is 2. The van der Waals surface area contributed by atoms with Gasteiger partial charge in [-0.05, 0) is 46.1 Å². The lowest BCUT2D eigenvalue weighted by Crippen LogP contribution is -2.17. The Bertz CT molecular complexity index is 582. The molecule has 0 saturated carbocycles. The van der Waals surface area contributed by atoms with Crippen LogP contribution in [0.25, 0.3) is 0 Å². The van der Waals surface area contributed by atoms with E-state index < -0.39 is 0 Å². The third-order valence-corrected chi connectivity index (χ3v) is 5.02. The maximum Gasteiger partial charge on any atom is 0.147 e. The summed E-state index contributed by atoms with van der Waals surface area (Å²) in [6.45, 7) is 0. The molecule has 1 N–H and O–H groups in total. The molecule has 1 heterocycles. The van der Waals surface area contributed by atoms with E-state index in [0.29, 0.717) is 5.69 Å². The first-order valence-corrected chi connectivity index (χ1v) is 7.96. The molecule has 0 radical (unpaired) electrons. The first kappa shape index (κ1) is 13.0. The third kappa shape index (κ3) is 2.65. The molecule has 0 amide bonds. The van der Waals surface area contributed by atoms with E-state index in [1.54, 1.807) is 6.07 Å². The van der Waals surface area contributed by atoms with Gasteiger partial charge < -0.3 is 5.32 Å². The quantitative estimate of drug-likeness (QED) is 0.804. The maximum absolute atomic E-state index is 13.9. The molecule has 0 saturated heterocycles. The lowest BCUT2D eigenvalue weighted by Gasteiger charge is -2.27. The van der Waals surface area contributed by atoms with Crippen LogP contribution in [0.15, 0.2) is 51.8 Å². The van der Waals surface area contributed by atoms with E-state index >= 15 is 0 Å². The van der Waals surface area contributed by atoms with Crippen LogP contribution in [-0.4, -0.2) is 5.75 Å². The van der Waals surface area contributed by atoms with E-state index in [4.69, 9.17) is 0 Å². The summed E-state index contributed by atoms with van der Waals surface area (Å²) in [5, 5.41) is 3.34. The van der Waals surface area contributed by atoms with Gasteiger partial charge in [-0.3, -0.25) is 0 Å². The highest BCUT2D eigenvalue weighted by Crippen LogP contribution is 2.39. The Morgan fingerprint density at radius 3 is 2.84 bits per heavy atom. The smallest absolute Gasteiger partial charge is 0.147 e. The Kier molecular flexibility index (Phi) is 3.80. The minimum Gasteiger partial charge on any atom is -0.375 e. The van der Waals surface area contributed by atoms with Crippen molar-refractivity contribution in [1.82, 2.24) is 0 Å². The molecule has 1 unspecified atom stereocenters. The molecule has 2 aromatic carbocycles. The van der Waals surface area contributed by atoms with E-state index in [1.807, 2.05) is 30.0 Å². The van der Waals surface area contributed by atoms with Gasteiger partial charge in [0.2, 0.25) is 0 Å². The number of anilines is 1. The van der Waals surface area contributed by atoms with Crippen molar-refractivity contribution in [2.45, 2.75) is 17.4 Å². The summed E-state index contributed by atoms with van der Waals surface area (Å²) >= 11 is 5.27. The molecule has 1 aliphatic heterocycles. The molecule has 19 heavy (non-hydrogen) atoms. The lowest BCUT2D eigenvalue weighted by atomic mass is 10.0. The predicted molar refractivity (Wildman–Crippen MR) is 82.2 cm³/mol. The predicted octanol–water partition coefficient (Wildman–Crippen LogP) is 5.24. The van der Waals surface area contributed by atoms with Crippen LogP contribution in [0.4, 0.5) is 10.1 Å². The molecule has 0 aliphatic carbocycles. The fourth-order valence-corrected chi connectivity index (χ4v) is 3.88. The van der Waals surface area contributed by atoms with Gasteiger partial charge >= 0.3 is 0 Å². The van der Waals surface area contributed by atoms with Crippen molar-refractivity contribution >= 4 is 33.4 Å². The molecular weight excluding hydrogens is 325 g/mol. The monoisotopic (exact) mass is 337 g/mol. The number of halogens is 2. The van der Waals surface area contributed by atoms with Crippen LogP contribution in [0, 0.1) is 5.82 Å². The van der Waals surface area contributed by atoms with E-state index in [0.717, 1.165) is 16.6 Å². The molecule has 4 heteroatoms. The van der Waals surface area contributed by atoms with Gasteiger partial charge in [0.05, 0.1) is 11.7 Å². The highest BCUT2D eigenvalue weighted by molar-refractivity contribution is 9.10. The highest BCUT2D eigenvalue weighted by atomic mass is 79.9. The summed E-state index contributed by atoms with van der Waals surface area (Å²) in [5.74, 6) is 0.839. The van der Waals surface area contributed by atoms with Crippen molar-refractivity contribution in [3.05, 3.63) is 58.3 Å². The molecule has 3 rings (SSSR count). The summed E-state index contributed by atoms with van der Waals surface area (Å²) in [7, 11) is 0. The molecule has 0 spiro atoms. The summed E-state index contributed by atoms with van der Waals surface area (Å²) in [6, 6.07) is 13.5. The van der Waals surface area contributed by atoms with Gasteiger partial charge in [0.1, 0.15) is 5.82 Å². The minimum atomic E-state index is -0.218. The number of fused-ring (bicyclic) bond motifs is 1. The standard InChI is InChI=1S/C15H13BrFNS/c16-11-5-3-6-12(17)15(11)18-13-8-9-19-14-7-2-1-4-10(13)14/h1-7,13,18H,8-9H2. The van der Waals surface area contributed by atoms with Crippen LogP contribution in [0.1, 0.15) is 18.0 Å². The number of thioether (sulfide) groups is 1. The summed E-state index contributed by atoms with van der Waals surface area (Å²) in [5.41, 5.74) is 1.81. The molecule has 0 aromatic heterocycles. The van der Waals surface area contributed by atoms with E-state index in [2.05, 4.69) is 33.4 Å². The normalized spacial score (nSPS) is 17.9. The van der Waals surface area contributed by atoms with Gasteiger partial charge in [-0.25, -0.2) is 4.39 Å². The van der Waals surface area contributed by atoms with Gasteiger partial charge in [-0.2, -0.15) is 0 Å². The Morgan fingerprint density at radius 2 is 2.00 bits per heavy atom. The van der Waals surface area contributed by atoms with Crippen molar-refractivity contribution in [3.8, 4) is 0 Å². The molecule has 1 atom stereocenters. The second-order valence-corrected chi connectivity index (χ2v) is 6.46. The number of hydrogen-bond donors (Lipinski definition) is 1. The van der Waals surface area contributed by atoms with Crippen LogP contribution in [0.3, 0.4) is 0 Å². The van der Waals surface area contributed by atoms with E-state index in [1.165, 1.54) is 16.5 Å². The minimum absolute atomic E-state index is 0.172. The highest BCUT2D eigenvalue weighted by Gasteiger charge is 2.21. The Hall–Kier alpha value is -1.00. The average molecular weight is 338 g/mol. The maximum atomic E-state index is 13.9. The number of nitrogens with one attached hydrogen (secondary N) is 1. The fourth-order valence-electron chi connectivity index (χ4n) is 2.30. The second-order valence-electron chi connectivity index (χ2n) is 4.47. The van der Waals surface area contributed by atoms with Crippen LogP contribution in [-0.2, 0) is 0 Å². The largest absolute Gasteiger partial charge is 0.375 e. The molecular formula is C15H13BrFNS. The average Bonchev–Trinajstić information content (AvgIpc) is 2.43. The number of rotatable bonds is 2. The summed E-state index contributed by atoms with van der Waals surface area (Å²) < 4.78 is 14.7. The van der Waals surface area contributed by atoms with Crippen LogP contribution in [0.5, 0.6) is 0 Å². The van der Waals surface area contributed by atoms with Crippen molar-refractivity contribution in [2.75, 3.05) is 11.1 Å². The third-order valence-electron chi connectivity index (χ3n) is 3.24. The topological polar surface area (TPSA) is 12.0 Å². The zero-order chi connectivity index (χ0) is 13.2. The van der Waals surface area contributed by atoms with Crippen LogP contribution in [0.2, 0.25) is 0 Å². The van der Waals surface area contributed by atoms with Crippen molar-refractivity contribution in [1.29, 1.82) is 0 Å². The van der Waals surface area contributed by atoms with Crippen LogP contribution >= 0.6 is 27.7 Å². The zero-order valence-electron chi connectivity index (χ0n) is 10.2. The molecule has 2 aromatic rings. The van der Waals surface area contributed by atoms with Crippen molar-refractivity contribution in [3.63, 3.8) is 0 Å². The van der Waals surface area contributed by atoms with Gasteiger partial charge in [0.25, 0.3) is 0 Å². The van der Waals surface area contributed by atoms with E-state index in [-0.39, 0.29) is 11.9 Å². The number of hydrogen-bond acceptors (Lipinski definition) is 2. The van der Waals surface area contributed by atoms with Crippen molar-refractivity contribution in [2.24, 2.45) is 0 Å². The Morgan fingerprint density at radius 1 is 1.16 bits per heavy atom. The Balaban J connectivity index is 1.93. The molecule has 98 valence electrons. The zero-order valence-corrected chi connectivity index (χ0v) is 12.6. The van der Waals surface area contributed by atoms with Gasteiger partial charge in [-0.1, -0.05) is 24.3 Å². The van der Waals surface area contributed by atoms with E-state index in [9.17, 15) is 4.39 Å². The van der Waals surface area contributed by atoms with Crippen molar-refractivity contribution < 1.29 is 4.39 Å². The molecule has 1 nitrogen and oxygen atoms in total. The van der Waals surface area contributed by atoms with Crippen LogP contribution < -0.4 is 5.32 Å². The lowest BCUT2D eigenvalue weighted by molar-refractivity contribution is 0.621. The number of para-hydroxylation sites is 1. The molecule has 1 aliphatic rings. The fraction of sp³-hybridized carbons (Fsp3) is 0.200. The molecule has 0 bridgehead atoms. The summed E-state index contributed by atoms with van der Waals surface area (Å²) in [6.07, 6.45) is 1.00. The first-order chi connectivity index (χ1) is 9.25. The first-order valence-electron chi connectivity index (χ1n) is 6.18. The van der Waals surface area contributed by atoms with Gasteiger partial charge in [0, 0.05) is 15.1 Å². The second kappa shape index (κ2) is 5.55. The van der Waals surface area contributed by atoms with Gasteiger partial charge in [0.15, 0.2) is 0 Å². The SMILES string of the molecule is Fc1cccc(Br)c1NC1CCSc2ccccc21. The molecule has 0 fully saturated rings. The van der Waals surface area contributed by atoms with Gasteiger partial charge in [-0.15, -0.1) is 11.8 Å². The Labute approximate surface area is 124 Å². The summed E-state index contributed by atoms with van der Waals surface area (Å²) in [4.78, 5) is 1.29.